The van der Waals surface area contributed by atoms with Crippen LogP contribution in [0.3, 0.4) is 0 Å². The number of nitrogens with zero attached hydrogens (tertiary/aromatic N) is 8. The second kappa shape index (κ2) is 22.2. The van der Waals surface area contributed by atoms with Gasteiger partial charge in [-0.15, -0.1) is 0 Å². The van der Waals surface area contributed by atoms with Gasteiger partial charge >= 0.3 is 0 Å². The number of hydrogen-bond acceptors (Lipinski definition) is 6. The molecular weight excluding hydrogens is 1190 g/mol. The number of fused-ring (bicyclic) bond motifs is 12. The highest BCUT2D eigenvalue weighted by Crippen LogP contribution is 2.43. The first-order valence-corrected chi connectivity index (χ1v) is 33.1. The standard InChI is InChI=1S/C90H54N8/c1-2-22-58(23-3-1)85-91-87(95-88(92-85)73-37-15-26-55-20-6-8-31-67(55)73)65-47-44-57-28-17-42-82(76(57)51-65)98-80-41-13-11-34-72(80)78-52-66-49-62(45-46-63(66)54-84(78)98)59-29-14-30-64(48-59)86-93-89(74-38-16-27-56-21-7-9-32-68(56)74)96-90(94-86)75-39-18-36-70-69(75)35-19-43-81(70)97-79-40-12-10-33-71(79)77-50-60-24-4-5-25-61(60)53-83(77)97/h1-54H. The van der Waals surface area contributed by atoms with Gasteiger partial charge in [-0.1, -0.05) is 261 Å². The van der Waals surface area contributed by atoms with Crippen LogP contribution in [0.2, 0.25) is 0 Å². The van der Waals surface area contributed by atoms with E-state index in [1.165, 1.54) is 32.3 Å². The Kier molecular flexibility index (Phi) is 12.5. The molecule has 0 atom stereocenters. The molecule has 8 heteroatoms. The summed E-state index contributed by atoms with van der Waals surface area (Å²) < 4.78 is 4.85. The number of benzene rings is 16. The van der Waals surface area contributed by atoms with Crippen LogP contribution >= 0.6 is 0 Å². The van der Waals surface area contributed by atoms with Crippen LogP contribution in [0, 0.1) is 0 Å². The average molecular weight is 1250 g/mol. The van der Waals surface area contributed by atoms with Crippen LogP contribution in [0.4, 0.5) is 0 Å². The lowest BCUT2D eigenvalue weighted by atomic mass is 9.98. The molecule has 20 rings (SSSR count). The fraction of sp³-hybridized carbons (Fsp3) is 0. The average Bonchev–Trinajstić information content (AvgIpc) is 1.57. The van der Waals surface area contributed by atoms with Gasteiger partial charge in [-0.3, -0.25) is 0 Å². The predicted octanol–water partition coefficient (Wildman–Crippen LogP) is 22.8. The molecule has 4 heterocycles. The zero-order valence-electron chi connectivity index (χ0n) is 52.8. The Labute approximate surface area is 562 Å². The molecule has 98 heavy (non-hydrogen) atoms. The summed E-state index contributed by atoms with van der Waals surface area (Å²) in [6, 6.07) is 117. The normalized spacial score (nSPS) is 11.9. The van der Waals surface area contributed by atoms with Crippen molar-refractivity contribution in [3.63, 3.8) is 0 Å². The highest BCUT2D eigenvalue weighted by molar-refractivity contribution is 6.17. The van der Waals surface area contributed by atoms with E-state index in [1.807, 2.05) is 18.2 Å². The maximum atomic E-state index is 5.47. The molecule has 0 bridgehead atoms. The van der Waals surface area contributed by atoms with Gasteiger partial charge < -0.3 is 9.13 Å². The van der Waals surface area contributed by atoms with Gasteiger partial charge in [-0.25, -0.2) is 29.9 Å². The maximum Gasteiger partial charge on any atom is 0.164 e. The summed E-state index contributed by atoms with van der Waals surface area (Å²) in [5.74, 6) is 3.66. The zero-order valence-corrected chi connectivity index (χ0v) is 52.8. The van der Waals surface area contributed by atoms with E-state index in [9.17, 15) is 0 Å². The minimum absolute atomic E-state index is 0.592. The Bertz CT molecular complexity index is 6690. The quantitative estimate of drug-likeness (QED) is 0.143. The summed E-state index contributed by atoms with van der Waals surface area (Å²) in [7, 11) is 0. The van der Waals surface area contributed by atoms with Crippen LogP contribution in [0.1, 0.15) is 0 Å². The molecule has 16 aromatic carbocycles. The molecule has 0 saturated heterocycles. The second-order valence-corrected chi connectivity index (χ2v) is 25.4. The molecule has 0 amide bonds. The van der Waals surface area contributed by atoms with Gasteiger partial charge in [0.05, 0.1) is 33.4 Å². The minimum atomic E-state index is 0.592. The Morgan fingerprint density at radius 2 is 0.531 bits per heavy atom. The van der Waals surface area contributed by atoms with Crippen LogP contribution in [-0.2, 0) is 0 Å². The van der Waals surface area contributed by atoms with Crippen LogP contribution in [-0.4, -0.2) is 39.0 Å². The lowest BCUT2D eigenvalue weighted by molar-refractivity contribution is 1.08. The molecule has 0 spiro atoms. The molecule has 0 radical (unpaired) electrons. The molecule has 0 aliphatic heterocycles. The topological polar surface area (TPSA) is 87.2 Å². The van der Waals surface area contributed by atoms with Crippen molar-refractivity contribution in [3.05, 3.63) is 328 Å². The summed E-state index contributed by atoms with van der Waals surface area (Å²) in [5, 5.41) is 18.2. The first kappa shape index (κ1) is 55.2. The van der Waals surface area contributed by atoms with Crippen LogP contribution in [0.25, 0.3) is 199 Å². The van der Waals surface area contributed by atoms with Gasteiger partial charge in [0.1, 0.15) is 0 Å². The smallest absolute Gasteiger partial charge is 0.164 e. The molecule has 4 aromatic heterocycles. The van der Waals surface area contributed by atoms with Crippen molar-refractivity contribution < 1.29 is 0 Å². The molecule has 0 fully saturated rings. The first-order chi connectivity index (χ1) is 48.5. The van der Waals surface area contributed by atoms with E-state index in [4.69, 9.17) is 29.9 Å². The molecule has 0 unspecified atom stereocenters. The largest absolute Gasteiger partial charge is 0.309 e. The summed E-state index contributed by atoms with van der Waals surface area (Å²) in [6.07, 6.45) is 0. The summed E-state index contributed by atoms with van der Waals surface area (Å²) in [4.78, 5) is 31.9. The molecule has 454 valence electrons. The van der Waals surface area contributed by atoms with Crippen LogP contribution in [0.5, 0.6) is 0 Å². The van der Waals surface area contributed by atoms with Crippen molar-refractivity contribution in [2.75, 3.05) is 0 Å². The Morgan fingerprint density at radius 3 is 1.17 bits per heavy atom. The summed E-state index contributed by atoms with van der Waals surface area (Å²) in [6.45, 7) is 0. The van der Waals surface area contributed by atoms with Crippen LogP contribution in [0.15, 0.2) is 328 Å². The van der Waals surface area contributed by atoms with Gasteiger partial charge in [0, 0.05) is 65.7 Å². The molecule has 20 aromatic rings. The number of rotatable bonds is 9. The van der Waals surface area contributed by atoms with E-state index in [0.717, 1.165) is 132 Å². The number of para-hydroxylation sites is 2. The third-order valence-corrected chi connectivity index (χ3v) is 19.7. The minimum Gasteiger partial charge on any atom is -0.309 e. The predicted molar refractivity (Wildman–Crippen MR) is 405 cm³/mol. The van der Waals surface area contributed by atoms with E-state index in [-0.39, 0.29) is 0 Å². The number of aromatic nitrogens is 8. The monoisotopic (exact) mass is 1250 g/mol. The van der Waals surface area contributed by atoms with Crippen LogP contribution < -0.4 is 0 Å². The van der Waals surface area contributed by atoms with Crippen molar-refractivity contribution in [1.29, 1.82) is 0 Å². The van der Waals surface area contributed by atoms with Crippen molar-refractivity contribution in [1.82, 2.24) is 39.0 Å². The highest BCUT2D eigenvalue weighted by Gasteiger charge is 2.23. The number of hydrogen-bond donors (Lipinski definition) is 0. The van der Waals surface area contributed by atoms with Crippen molar-refractivity contribution in [2.24, 2.45) is 0 Å². The zero-order chi connectivity index (χ0) is 64.4. The van der Waals surface area contributed by atoms with Crippen molar-refractivity contribution in [2.45, 2.75) is 0 Å². The molecular formula is C90H54N8. The highest BCUT2D eigenvalue weighted by atomic mass is 15.0. The van der Waals surface area contributed by atoms with Gasteiger partial charge in [0.15, 0.2) is 34.9 Å². The Hall–Kier alpha value is -13.3. The van der Waals surface area contributed by atoms with E-state index >= 15 is 0 Å². The molecule has 0 aliphatic carbocycles. The van der Waals surface area contributed by atoms with Crippen molar-refractivity contribution >= 4 is 108 Å². The molecule has 0 aliphatic rings. The van der Waals surface area contributed by atoms with Gasteiger partial charge in [-0.05, 0) is 132 Å². The van der Waals surface area contributed by atoms with E-state index in [1.54, 1.807) is 0 Å². The lowest BCUT2D eigenvalue weighted by Gasteiger charge is -2.15. The van der Waals surface area contributed by atoms with Gasteiger partial charge in [-0.2, -0.15) is 0 Å². The maximum absolute atomic E-state index is 5.47. The SMILES string of the molecule is c1ccc(-c2nc(-c3ccc4cccc(-n5c6ccccc6c6cc7cc(-c8cccc(-c9nc(-c%10cccc%11ccccc%10%11)nc(-c%10cccc%11c(-n%12c%13ccccc%13c%13cc%14ccccc%14cc%13%12)cccc%10%11)n9)c8)ccc7cc65)c4c3)nc(-c3cccc4ccccc34)n2)cc1. The Morgan fingerprint density at radius 1 is 0.163 bits per heavy atom. The van der Waals surface area contributed by atoms with E-state index < -0.39 is 0 Å². The summed E-state index contributed by atoms with van der Waals surface area (Å²) in [5.41, 5.74) is 14.4. The van der Waals surface area contributed by atoms with Gasteiger partial charge in [0.25, 0.3) is 0 Å². The lowest BCUT2D eigenvalue weighted by Crippen LogP contribution is -2.01. The first-order valence-electron chi connectivity index (χ1n) is 33.1. The summed E-state index contributed by atoms with van der Waals surface area (Å²) >= 11 is 0. The van der Waals surface area contributed by atoms with Gasteiger partial charge in [0.2, 0.25) is 0 Å². The fourth-order valence-electron chi connectivity index (χ4n) is 15.1. The van der Waals surface area contributed by atoms with E-state index in [2.05, 4.69) is 319 Å². The molecule has 0 N–H and O–H groups in total. The second-order valence-electron chi connectivity index (χ2n) is 25.4. The molecule has 0 saturated carbocycles. The van der Waals surface area contributed by atoms with E-state index in [0.29, 0.717) is 34.9 Å². The van der Waals surface area contributed by atoms with Crippen molar-refractivity contribution in [3.8, 4) is 90.8 Å². The fourth-order valence-corrected chi connectivity index (χ4v) is 15.1. The molecule has 8 nitrogen and oxygen atoms in total. The Balaban J connectivity index is 0.703. The third-order valence-electron chi connectivity index (χ3n) is 19.7. The third kappa shape index (κ3) is 9.00.